The summed E-state index contributed by atoms with van der Waals surface area (Å²) < 4.78 is 0. The molecule has 0 aliphatic heterocycles. The van der Waals surface area contributed by atoms with Crippen molar-refractivity contribution in [1.29, 1.82) is 0 Å². The van der Waals surface area contributed by atoms with Crippen molar-refractivity contribution in [2.45, 2.75) is 27.2 Å². The van der Waals surface area contributed by atoms with E-state index in [9.17, 15) is 0 Å². The molecule has 0 atom stereocenters. The Morgan fingerprint density at radius 1 is 0.706 bits per heavy atom. The van der Waals surface area contributed by atoms with Gasteiger partial charge in [-0.05, 0) is 34.6 Å². The van der Waals surface area contributed by atoms with Crippen molar-refractivity contribution in [1.82, 2.24) is 0 Å². The van der Waals surface area contributed by atoms with Gasteiger partial charge in [-0.2, -0.15) is 0 Å². The Balaban J connectivity index is 0.000000239. The lowest BCUT2D eigenvalue weighted by atomic mass is 10.1. The van der Waals surface area contributed by atoms with Crippen molar-refractivity contribution in [2.75, 3.05) is 0 Å². The second-order valence-electron chi connectivity index (χ2n) is 5.22. The van der Waals surface area contributed by atoms with Gasteiger partial charge in [0.1, 0.15) is 0 Å². The lowest BCUT2D eigenvalue weighted by Gasteiger charge is -1.98. The maximum absolute atomic E-state index is 2.22. The molecular weight excluding hydrogens is 204 g/mol. The average Bonchev–Trinajstić information content (AvgIpc) is 2.66. The second kappa shape index (κ2) is 5.18. The molecule has 1 aliphatic rings. The van der Waals surface area contributed by atoms with E-state index in [-0.39, 0.29) is 0 Å². The van der Waals surface area contributed by atoms with Gasteiger partial charge in [-0.15, -0.1) is 0 Å². The molecule has 17 heavy (non-hydrogen) atoms. The molecule has 0 saturated heterocycles. The van der Waals surface area contributed by atoms with E-state index >= 15 is 0 Å². The Kier molecular flexibility index (Phi) is 3.63. The van der Waals surface area contributed by atoms with E-state index in [4.69, 9.17) is 0 Å². The van der Waals surface area contributed by atoms with Crippen LogP contribution in [0.25, 0.3) is 11.1 Å². The van der Waals surface area contributed by atoms with Gasteiger partial charge in [0.15, 0.2) is 0 Å². The third-order valence-electron chi connectivity index (χ3n) is 2.71. The van der Waals surface area contributed by atoms with Crippen LogP contribution in [-0.4, -0.2) is 0 Å². The summed E-state index contributed by atoms with van der Waals surface area (Å²) in [6.45, 7) is 6.50. The molecule has 2 aromatic rings. The Morgan fingerprint density at radius 2 is 1.06 bits per heavy atom. The van der Waals surface area contributed by atoms with Gasteiger partial charge >= 0.3 is 0 Å². The fraction of sp³-hybridized carbons (Fsp3) is 0.294. The smallest absolute Gasteiger partial charge is 0.00135 e. The van der Waals surface area contributed by atoms with Crippen LogP contribution in [0.5, 0.6) is 0 Å². The van der Waals surface area contributed by atoms with Crippen LogP contribution in [0.4, 0.5) is 0 Å². The zero-order valence-electron chi connectivity index (χ0n) is 10.9. The maximum atomic E-state index is 2.22. The topological polar surface area (TPSA) is 0 Å². The molecule has 0 nitrogen and oxygen atoms in total. The van der Waals surface area contributed by atoms with Crippen LogP contribution in [0, 0.1) is 5.92 Å². The highest BCUT2D eigenvalue weighted by molar-refractivity contribution is 5.76. The molecule has 2 aromatic carbocycles. The van der Waals surface area contributed by atoms with Crippen LogP contribution >= 0.6 is 0 Å². The molecule has 1 aliphatic carbocycles. The molecular formula is C17H20. The second-order valence-corrected chi connectivity index (χ2v) is 5.22. The molecule has 88 valence electrons. The zero-order valence-corrected chi connectivity index (χ0v) is 10.9. The predicted octanol–water partition coefficient (Wildman–Crippen LogP) is 4.92. The van der Waals surface area contributed by atoms with Gasteiger partial charge < -0.3 is 0 Å². The van der Waals surface area contributed by atoms with Gasteiger partial charge in [-0.1, -0.05) is 69.3 Å². The van der Waals surface area contributed by atoms with Crippen LogP contribution in [0.15, 0.2) is 48.5 Å². The number of hydrogen-bond acceptors (Lipinski definition) is 0. The van der Waals surface area contributed by atoms with Crippen molar-refractivity contribution < 1.29 is 0 Å². The molecule has 0 radical (unpaired) electrons. The minimum atomic E-state index is 0.833. The van der Waals surface area contributed by atoms with Gasteiger partial charge in [0.05, 0.1) is 0 Å². The summed E-state index contributed by atoms with van der Waals surface area (Å²) >= 11 is 0. The molecule has 0 fully saturated rings. The summed E-state index contributed by atoms with van der Waals surface area (Å²) in [5.41, 5.74) is 5.75. The van der Waals surface area contributed by atoms with E-state index in [1.54, 1.807) is 0 Å². The highest BCUT2D eigenvalue weighted by atomic mass is 14.2. The molecule has 0 heteroatoms. The molecule has 0 aromatic heterocycles. The zero-order chi connectivity index (χ0) is 12.3. The molecule has 0 saturated carbocycles. The first-order valence-electron chi connectivity index (χ1n) is 6.34. The molecule has 0 bridgehead atoms. The van der Waals surface area contributed by atoms with Crippen LogP contribution in [0.3, 0.4) is 0 Å². The molecule has 0 unspecified atom stereocenters. The first kappa shape index (κ1) is 11.9. The Hall–Kier alpha value is -1.56. The van der Waals surface area contributed by atoms with Gasteiger partial charge in [-0.3, -0.25) is 0 Å². The summed E-state index contributed by atoms with van der Waals surface area (Å²) in [6, 6.07) is 17.3. The largest absolute Gasteiger partial charge is 0.0630 e. The number of fused-ring (bicyclic) bond motifs is 3. The third kappa shape index (κ3) is 2.76. The summed E-state index contributed by atoms with van der Waals surface area (Å²) in [4.78, 5) is 0. The first-order valence-corrected chi connectivity index (χ1v) is 6.34. The summed E-state index contributed by atoms with van der Waals surface area (Å²) in [7, 11) is 0. The van der Waals surface area contributed by atoms with E-state index in [0.29, 0.717) is 0 Å². The van der Waals surface area contributed by atoms with Crippen molar-refractivity contribution in [3.63, 3.8) is 0 Å². The Labute approximate surface area is 104 Å². The molecule has 0 amide bonds. The fourth-order valence-electron chi connectivity index (χ4n) is 2.08. The predicted molar refractivity (Wildman–Crippen MR) is 75.2 cm³/mol. The minimum Gasteiger partial charge on any atom is -0.0630 e. The van der Waals surface area contributed by atoms with Gasteiger partial charge in [0, 0.05) is 0 Å². The van der Waals surface area contributed by atoms with E-state index < -0.39 is 0 Å². The average molecular weight is 224 g/mol. The normalized spacial score (nSPS) is 11.5. The van der Waals surface area contributed by atoms with Crippen LogP contribution in [-0.2, 0) is 6.42 Å². The van der Waals surface area contributed by atoms with E-state index in [1.165, 1.54) is 22.3 Å². The van der Waals surface area contributed by atoms with Crippen molar-refractivity contribution >= 4 is 0 Å². The Morgan fingerprint density at radius 3 is 1.47 bits per heavy atom. The number of rotatable bonds is 0. The van der Waals surface area contributed by atoms with Crippen molar-refractivity contribution in [3.05, 3.63) is 59.7 Å². The monoisotopic (exact) mass is 224 g/mol. The molecule has 0 heterocycles. The maximum Gasteiger partial charge on any atom is -0.00135 e. The van der Waals surface area contributed by atoms with Gasteiger partial charge in [-0.25, -0.2) is 0 Å². The standard InChI is InChI=1S/C13H10.C4H10/c1-3-7-12-10(5-1)9-11-6-2-4-8-13(11)12;1-4(2)3/h1-8H,9H2;4H,1-3H3. The van der Waals surface area contributed by atoms with E-state index in [2.05, 4.69) is 69.3 Å². The Bertz CT molecular complexity index is 449. The fourth-order valence-corrected chi connectivity index (χ4v) is 2.08. The lowest BCUT2D eigenvalue weighted by molar-refractivity contribution is 0.737. The number of benzene rings is 2. The minimum absolute atomic E-state index is 0.833. The third-order valence-corrected chi connectivity index (χ3v) is 2.71. The van der Waals surface area contributed by atoms with Gasteiger partial charge in [0.25, 0.3) is 0 Å². The SMILES string of the molecule is CC(C)C.c1ccc2c(c1)Cc1ccccc1-2. The number of hydrogen-bond donors (Lipinski definition) is 0. The highest BCUT2D eigenvalue weighted by Crippen LogP contribution is 2.35. The summed E-state index contributed by atoms with van der Waals surface area (Å²) in [6.07, 6.45) is 1.10. The summed E-state index contributed by atoms with van der Waals surface area (Å²) in [5, 5.41) is 0. The quantitative estimate of drug-likeness (QED) is 0.508. The van der Waals surface area contributed by atoms with Crippen molar-refractivity contribution in [3.8, 4) is 11.1 Å². The molecule has 3 rings (SSSR count). The molecule has 0 N–H and O–H groups in total. The van der Waals surface area contributed by atoms with Crippen LogP contribution in [0.1, 0.15) is 31.9 Å². The highest BCUT2D eigenvalue weighted by Gasteiger charge is 2.15. The lowest BCUT2D eigenvalue weighted by Crippen LogP contribution is -1.77. The van der Waals surface area contributed by atoms with Crippen LogP contribution < -0.4 is 0 Å². The van der Waals surface area contributed by atoms with E-state index in [0.717, 1.165) is 12.3 Å². The van der Waals surface area contributed by atoms with Gasteiger partial charge in [0.2, 0.25) is 0 Å². The summed E-state index contributed by atoms with van der Waals surface area (Å²) in [5.74, 6) is 0.833. The van der Waals surface area contributed by atoms with E-state index in [1.807, 2.05) is 0 Å². The van der Waals surface area contributed by atoms with Crippen LogP contribution in [0.2, 0.25) is 0 Å². The first-order chi connectivity index (χ1) is 8.18. The molecule has 0 spiro atoms. The van der Waals surface area contributed by atoms with Crippen molar-refractivity contribution in [2.24, 2.45) is 5.92 Å².